The first-order valence-electron chi connectivity index (χ1n) is 6.82. The molecule has 6 heteroatoms. The highest BCUT2D eigenvalue weighted by molar-refractivity contribution is 5.85. The molecule has 1 aliphatic rings. The lowest BCUT2D eigenvalue weighted by Crippen LogP contribution is -2.48. The number of hydrogen-bond acceptors (Lipinski definition) is 4. The third-order valence-corrected chi connectivity index (χ3v) is 2.81. The van der Waals surface area contributed by atoms with Gasteiger partial charge in [0.15, 0.2) is 0 Å². The fraction of sp³-hybridized carbons (Fsp3) is 0.714. The minimum absolute atomic E-state index is 0.383. The van der Waals surface area contributed by atoms with E-state index in [1.165, 1.54) is 12.7 Å². The van der Waals surface area contributed by atoms with Gasteiger partial charge in [0, 0.05) is 0 Å². The standard InChI is InChI=1S/C14H24N2O4/c1-14(2,3)20-13(18)15-11(12(17)16-19-4)9-10-7-5-6-8-10/h7,11H,5-6,8-9H2,1-4H3,(H,15,18)(H,16,17)/t11-/m0/s1. The smallest absolute Gasteiger partial charge is 0.408 e. The Morgan fingerprint density at radius 2 is 2.10 bits per heavy atom. The predicted octanol–water partition coefficient (Wildman–Crippen LogP) is 2.06. The van der Waals surface area contributed by atoms with Crippen LogP contribution in [0.3, 0.4) is 0 Å². The molecule has 0 saturated heterocycles. The predicted molar refractivity (Wildman–Crippen MR) is 74.9 cm³/mol. The second-order valence-corrected chi connectivity index (χ2v) is 5.83. The zero-order valence-corrected chi connectivity index (χ0v) is 12.6. The van der Waals surface area contributed by atoms with E-state index in [4.69, 9.17) is 4.74 Å². The molecule has 0 aromatic rings. The van der Waals surface area contributed by atoms with Gasteiger partial charge in [0.25, 0.3) is 5.91 Å². The van der Waals surface area contributed by atoms with Crippen LogP contribution in [0.15, 0.2) is 11.6 Å². The van der Waals surface area contributed by atoms with Crippen molar-refractivity contribution in [3.63, 3.8) is 0 Å². The molecule has 0 unspecified atom stereocenters. The van der Waals surface area contributed by atoms with Gasteiger partial charge in [-0.25, -0.2) is 10.3 Å². The zero-order chi connectivity index (χ0) is 15.2. The maximum atomic E-state index is 11.9. The van der Waals surface area contributed by atoms with Crippen molar-refractivity contribution in [2.45, 2.75) is 58.1 Å². The molecule has 0 aromatic heterocycles. The minimum atomic E-state index is -0.686. The summed E-state index contributed by atoms with van der Waals surface area (Å²) in [5.41, 5.74) is 2.83. The Balaban J connectivity index is 2.62. The molecule has 114 valence electrons. The van der Waals surface area contributed by atoms with Crippen molar-refractivity contribution in [1.82, 2.24) is 10.8 Å². The van der Waals surface area contributed by atoms with Crippen LogP contribution in [0.4, 0.5) is 4.79 Å². The highest BCUT2D eigenvalue weighted by atomic mass is 16.6. The number of amides is 2. The molecular formula is C14H24N2O4. The summed E-state index contributed by atoms with van der Waals surface area (Å²) in [6.45, 7) is 5.32. The quantitative estimate of drug-likeness (QED) is 0.598. The Hall–Kier alpha value is -1.56. The minimum Gasteiger partial charge on any atom is -0.444 e. The molecule has 0 saturated carbocycles. The van der Waals surface area contributed by atoms with Gasteiger partial charge in [0.2, 0.25) is 0 Å². The topological polar surface area (TPSA) is 76.7 Å². The van der Waals surface area contributed by atoms with Gasteiger partial charge in [-0.05, 0) is 46.5 Å². The molecule has 20 heavy (non-hydrogen) atoms. The Morgan fingerprint density at radius 3 is 2.60 bits per heavy atom. The average Bonchev–Trinajstić information content (AvgIpc) is 2.78. The van der Waals surface area contributed by atoms with Gasteiger partial charge in [0.1, 0.15) is 11.6 Å². The summed E-state index contributed by atoms with van der Waals surface area (Å²) in [6, 6.07) is -0.686. The summed E-state index contributed by atoms with van der Waals surface area (Å²) in [5, 5.41) is 2.59. The molecule has 2 amide bonds. The lowest BCUT2D eigenvalue weighted by molar-refractivity contribution is -0.133. The lowest BCUT2D eigenvalue weighted by Gasteiger charge is -2.23. The van der Waals surface area contributed by atoms with Crippen molar-refractivity contribution >= 4 is 12.0 Å². The second-order valence-electron chi connectivity index (χ2n) is 5.83. The molecule has 0 fully saturated rings. The molecule has 0 bridgehead atoms. The summed E-state index contributed by atoms with van der Waals surface area (Å²) in [7, 11) is 1.36. The Labute approximate surface area is 119 Å². The molecule has 2 N–H and O–H groups in total. The Kier molecular flexibility index (Phi) is 6.01. The van der Waals surface area contributed by atoms with E-state index in [1.807, 2.05) is 0 Å². The van der Waals surface area contributed by atoms with Crippen molar-refractivity contribution in [2.24, 2.45) is 0 Å². The van der Waals surface area contributed by atoms with Crippen LogP contribution in [0, 0.1) is 0 Å². The SMILES string of the molecule is CONC(=O)[C@H](CC1=CCCC1)NC(=O)OC(C)(C)C. The van der Waals surface area contributed by atoms with Crippen LogP contribution in [-0.2, 0) is 14.4 Å². The fourth-order valence-corrected chi connectivity index (χ4v) is 2.02. The molecule has 1 aliphatic carbocycles. The van der Waals surface area contributed by atoms with Gasteiger partial charge < -0.3 is 10.1 Å². The molecule has 0 spiro atoms. The summed E-state index contributed by atoms with van der Waals surface area (Å²) in [4.78, 5) is 28.3. The lowest BCUT2D eigenvalue weighted by atomic mass is 10.1. The number of alkyl carbamates (subject to hydrolysis) is 1. The average molecular weight is 284 g/mol. The molecule has 6 nitrogen and oxygen atoms in total. The van der Waals surface area contributed by atoms with Gasteiger partial charge in [-0.3, -0.25) is 9.63 Å². The van der Waals surface area contributed by atoms with E-state index >= 15 is 0 Å². The van der Waals surface area contributed by atoms with Crippen molar-refractivity contribution in [1.29, 1.82) is 0 Å². The third-order valence-electron chi connectivity index (χ3n) is 2.81. The molecule has 1 rings (SSSR count). The first-order chi connectivity index (χ1) is 9.31. The summed E-state index contributed by atoms with van der Waals surface area (Å²) < 4.78 is 5.17. The number of carbonyl (C=O) groups excluding carboxylic acids is 2. The molecule has 0 radical (unpaired) electrons. The van der Waals surface area contributed by atoms with Crippen LogP contribution in [0.2, 0.25) is 0 Å². The fourth-order valence-electron chi connectivity index (χ4n) is 2.02. The molecular weight excluding hydrogens is 260 g/mol. The number of allylic oxidation sites excluding steroid dienone is 1. The number of rotatable bonds is 5. The van der Waals surface area contributed by atoms with E-state index in [9.17, 15) is 9.59 Å². The molecule has 0 heterocycles. The summed E-state index contributed by atoms with van der Waals surface area (Å²) in [5.74, 6) is -0.383. The van der Waals surface area contributed by atoms with E-state index in [2.05, 4.69) is 21.7 Å². The van der Waals surface area contributed by atoms with Gasteiger partial charge >= 0.3 is 6.09 Å². The normalized spacial score (nSPS) is 16.3. The number of hydroxylamine groups is 1. The maximum absolute atomic E-state index is 11.9. The number of hydrogen-bond donors (Lipinski definition) is 2. The Bertz CT molecular complexity index is 385. The van der Waals surface area contributed by atoms with Crippen LogP contribution in [0.1, 0.15) is 46.5 Å². The van der Waals surface area contributed by atoms with Crippen LogP contribution in [0.25, 0.3) is 0 Å². The van der Waals surface area contributed by atoms with Crippen LogP contribution in [0.5, 0.6) is 0 Å². The monoisotopic (exact) mass is 284 g/mol. The highest BCUT2D eigenvalue weighted by Gasteiger charge is 2.25. The van der Waals surface area contributed by atoms with E-state index in [-0.39, 0.29) is 5.91 Å². The van der Waals surface area contributed by atoms with Crippen molar-refractivity contribution < 1.29 is 19.2 Å². The number of ether oxygens (including phenoxy) is 1. The van der Waals surface area contributed by atoms with Gasteiger partial charge in [-0.15, -0.1) is 0 Å². The highest BCUT2D eigenvalue weighted by Crippen LogP contribution is 2.22. The number of carbonyl (C=O) groups is 2. The van der Waals surface area contributed by atoms with Crippen LogP contribution >= 0.6 is 0 Å². The van der Waals surface area contributed by atoms with E-state index < -0.39 is 17.7 Å². The summed E-state index contributed by atoms with van der Waals surface area (Å²) in [6.07, 6.45) is 5.08. The maximum Gasteiger partial charge on any atom is 0.408 e. The molecule has 1 atom stereocenters. The first kappa shape index (κ1) is 16.5. The second kappa shape index (κ2) is 7.28. The van der Waals surface area contributed by atoms with Crippen LogP contribution < -0.4 is 10.8 Å². The van der Waals surface area contributed by atoms with Crippen molar-refractivity contribution in [3.05, 3.63) is 11.6 Å². The van der Waals surface area contributed by atoms with E-state index in [0.717, 1.165) is 19.3 Å². The zero-order valence-electron chi connectivity index (χ0n) is 12.6. The summed E-state index contributed by atoms with van der Waals surface area (Å²) >= 11 is 0. The Morgan fingerprint density at radius 1 is 1.40 bits per heavy atom. The van der Waals surface area contributed by atoms with E-state index in [0.29, 0.717) is 6.42 Å². The third kappa shape index (κ3) is 6.06. The van der Waals surface area contributed by atoms with Crippen molar-refractivity contribution in [2.75, 3.05) is 7.11 Å². The first-order valence-corrected chi connectivity index (χ1v) is 6.82. The number of nitrogens with one attached hydrogen (secondary N) is 2. The van der Waals surface area contributed by atoms with Crippen molar-refractivity contribution in [3.8, 4) is 0 Å². The van der Waals surface area contributed by atoms with E-state index in [1.54, 1.807) is 20.8 Å². The molecule has 0 aromatic carbocycles. The van der Waals surface area contributed by atoms with Crippen LogP contribution in [-0.4, -0.2) is 30.8 Å². The van der Waals surface area contributed by atoms with Gasteiger partial charge in [-0.2, -0.15) is 0 Å². The van der Waals surface area contributed by atoms with Gasteiger partial charge in [-0.1, -0.05) is 11.6 Å². The molecule has 0 aliphatic heterocycles. The largest absolute Gasteiger partial charge is 0.444 e. The van der Waals surface area contributed by atoms with Gasteiger partial charge in [0.05, 0.1) is 7.11 Å².